The second-order valence-corrected chi connectivity index (χ2v) is 7.52. The molecule has 0 spiro atoms. The zero-order valence-corrected chi connectivity index (χ0v) is 15.5. The summed E-state index contributed by atoms with van der Waals surface area (Å²) < 4.78 is 2.55. The number of piperazine rings is 1. The Hall–Kier alpha value is -2.60. The van der Waals surface area contributed by atoms with E-state index in [0.717, 1.165) is 23.3 Å². The maximum absolute atomic E-state index is 13.0. The first-order valence-corrected chi connectivity index (χ1v) is 9.65. The van der Waals surface area contributed by atoms with Crippen molar-refractivity contribution in [3.63, 3.8) is 0 Å². The molecule has 1 aliphatic rings. The number of hydrogen-bond donors (Lipinski definition) is 0. The second-order valence-electron chi connectivity index (χ2n) is 6.53. The molecule has 0 bridgehead atoms. The third-order valence-electron chi connectivity index (χ3n) is 4.98. The molecule has 6 heteroatoms. The number of fused-ring (bicyclic) bond motifs is 1. The van der Waals surface area contributed by atoms with Crippen molar-refractivity contribution in [3.05, 3.63) is 64.3 Å². The van der Waals surface area contributed by atoms with E-state index in [9.17, 15) is 9.59 Å². The maximum atomic E-state index is 13.0. The van der Waals surface area contributed by atoms with Gasteiger partial charge in [0, 0.05) is 31.9 Å². The van der Waals surface area contributed by atoms with E-state index in [0.29, 0.717) is 13.1 Å². The number of anilines is 1. The largest absolute Gasteiger partial charge is 0.368 e. The van der Waals surface area contributed by atoms with Crippen molar-refractivity contribution in [2.45, 2.75) is 13.0 Å². The van der Waals surface area contributed by atoms with E-state index in [1.54, 1.807) is 4.57 Å². The first-order chi connectivity index (χ1) is 12.6. The summed E-state index contributed by atoms with van der Waals surface area (Å²) in [5.41, 5.74) is 2.03. The third kappa shape index (κ3) is 3.01. The molecule has 26 heavy (non-hydrogen) atoms. The van der Waals surface area contributed by atoms with Crippen LogP contribution in [0.2, 0.25) is 0 Å². The lowest BCUT2D eigenvalue weighted by Crippen LogP contribution is -2.50. The van der Waals surface area contributed by atoms with Gasteiger partial charge in [-0.1, -0.05) is 41.7 Å². The van der Waals surface area contributed by atoms with Gasteiger partial charge in [0.05, 0.1) is 10.2 Å². The summed E-state index contributed by atoms with van der Waals surface area (Å²) in [7, 11) is 0. The maximum Gasteiger partial charge on any atom is 0.308 e. The van der Waals surface area contributed by atoms with Crippen LogP contribution in [0.5, 0.6) is 0 Å². The standard InChI is InChI=1S/C20H21N3O2S/c1-15(23-17-9-5-6-10-18(17)26-20(23)25)19(24)22-13-11-21(12-14-22)16-7-3-2-4-8-16/h2-10,15H,11-14H2,1H3. The number of thiazole rings is 1. The van der Waals surface area contributed by atoms with E-state index in [1.807, 2.05) is 54.3 Å². The topological polar surface area (TPSA) is 45.6 Å². The summed E-state index contributed by atoms with van der Waals surface area (Å²) in [6.45, 7) is 4.79. The number of rotatable bonds is 3. The highest BCUT2D eigenvalue weighted by Crippen LogP contribution is 2.22. The number of carbonyl (C=O) groups is 1. The highest BCUT2D eigenvalue weighted by atomic mass is 32.1. The molecule has 1 unspecified atom stereocenters. The SMILES string of the molecule is CC(C(=O)N1CCN(c2ccccc2)CC1)n1c(=O)sc2ccccc21. The van der Waals surface area contributed by atoms with Gasteiger partial charge in [0.1, 0.15) is 6.04 Å². The van der Waals surface area contributed by atoms with Crippen LogP contribution in [-0.4, -0.2) is 41.6 Å². The first kappa shape index (κ1) is 16.8. The van der Waals surface area contributed by atoms with Gasteiger partial charge in [-0.2, -0.15) is 0 Å². The lowest BCUT2D eigenvalue weighted by atomic mass is 10.2. The molecule has 1 saturated heterocycles. The molecule has 0 aliphatic carbocycles. The van der Waals surface area contributed by atoms with Gasteiger partial charge in [0.15, 0.2) is 0 Å². The monoisotopic (exact) mass is 367 g/mol. The minimum atomic E-state index is -0.484. The molecular formula is C20H21N3O2S. The molecule has 0 radical (unpaired) electrons. The Balaban J connectivity index is 1.50. The summed E-state index contributed by atoms with van der Waals surface area (Å²) >= 11 is 1.20. The van der Waals surface area contributed by atoms with Crippen molar-refractivity contribution < 1.29 is 4.79 Å². The van der Waals surface area contributed by atoms with Crippen molar-refractivity contribution in [1.29, 1.82) is 0 Å². The van der Waals surface area contributed by atoms with Crippen LogP contribution in [0.3, 0.4) is 0 Å². The Bertz CT molecular complexity index is 971. The number of benzene rings is 2. The predicted octanol–water partition coefficient (Wildman–Crippen LogP) is 2.97. The van der Waals surface area contributed by atoms with Gasteiger partial charge in [-0.05, 0) is 31.2 Å². The number of carbonyl (C=O) groups excluding carboxylic acids is 1. The molecule has 1 atom stereocenters. The number of para-hydroxylation sites is 2. The molecule has 3 aromatic rings. The minimum Gasteiger partial charge on any atom is -0.368 e. The molecule has 0 N–H and O–H groups in total. The average molecular weight is 367 g/mol. The van der Waals surface area contributed by atoms with Gasteiger partial charge in [-0.3, -0.25) is 14.2 Å². The van der Waals surface area contributed by atoms with Crippen LogP contribution in [0.4, 0.5) is 5.69 Å². The van der Waals surface area contributed by atoms with Crippen molar-refractivity contribution in [2.75, 3.05) is 31.1 Å². The van der Waals surface area contributed by atoms with E-state index in [4.69, 9.17) is 0 Å². The average Bonchev–Trinajstić information content (AvgIpc) is 3.03. The van der Waals surface area contributed by atoms with Crippen LogP contribution >= 0.6 is 11.3 Å². The fourth-order valence-electron chi connectivity index (χ4n) is 3.55. The van der Waals surface area contributed by atoms with Crippen LogP contribution in [0.1, 0.15) is 13.0 Å². The molecule has 2 heterocycles. The van der Waals surface area contributed by atoms with E-state index >= 15 is 0 Å². The zero-order valence-electron chi connectivity index (χ0n) is 14.7. The molecule has 4 rings (SSSR count). The predicted molar refractivity (Wildman–Crippen MR) is 106 cm³/mol. The zero-order chi connectivity index (χ0) is 18.1. The van der Waals surface area contributed by atoms with Crippen LogP contribution in [0.25, 0.3) is 10.2 Å². The molecule has 5 nitrogen and oxygen atoms in total. The van der Waals surface area contributed by atoms with Gasteiger partial charge in [-0.25, -0.2) is 0 Å². The quantitative estimate of drug-likeness (QED) is 0.715. The molecule has 0 saturated carbocycles. The fraction of sp³-hybridized carbons (Fsp3) is 0.300. The molecule has 134 valence electrons. The number of amides is 1. The highest BCUT2D eigenvalue weighted by molar-refractivity contribution is 7.16. The van der Waals surface area contributed by atoms with Gasteiger partial charge < -0.3 is 9.80 Å². The van der Waals surface area contributed by atoms with Gasteiger partial charge >= 0.3 is 4.87 Å². The van der Waals surface area contributed by atoms with Crippen LogP contribution in [0.15, 0.2) is 59.4 Å². The fourth-order valence-corrected chi connectivity index (χ4v) is 4.51. The summed E-state index contributed by atoms with van der Waals surface area (Å²) in [6.07, 6.45) is 0. The van der Waals surface area contributed by atoms with Crippen molar-refractivity contribution >= 4 is 33.1 Å². The van der Waals surface area contributed by atoms with E-state index in [1.165, 1.54) is 17.0 Å². The molecule has 1 aliphatic heterocycles. The van der Waals surface area contributed by atoms with Gasteiger partial charge in [0.25, 0.3) is 0 Å². The Morgan fingerprint density at radius 1 is 0.962 bits per heavy atom. The Labute approximate surface area is 156 Å². The summed E-state index contributed by atoms with van der Waals surface area (Å²) in [6, 6.07) is 17.4. The number of nitrogens with zero attached hydrogens (tertiary/aromatic N) is 3. The lowest BCUT2D eigenvalue weighted by molar-refractivity contribution is -0.134. The normalized spacial score (nSPS) is 16.0. The third-order valence-corrected chi connectivity index (χ3v) is 5.91. The first-order valence-electron chi connectivity index (χ1n) is 8.84. The minimum absolute atomic E-state index is 0.0170. The number of aromatic nitrogens is 1. The van der Waals surface area contributed by atoms with E-state index in [2.05, 4.69) is 17.0 Å². The summed E-state index contributed by atoms with van der Waals surface area (Å²) in [5, 5.41) is 0. The van der Waals surface area contributed by atoms with Gasteiger partial charge in [0.2, 0.25) is 5.91 Å². The van der Waals surface area contributed by atoms with Gasteiger partial charge in [-0.15, -0.1) is 0 Å². The Morgan fingerprint density at radius 3 is 2.35 bits per heavy atom. The molecule has 1 aromatic heterocycles. The summed E-state index contributed by atoms with van der Waals surface area (Å²) in [4.78, 5) is 29.5. The molecule has 1 amide bonds. The molecule has 1 fully saturated rings. The highest BCUT2D eigenvalue weighted by Gasteiger charge is 2.27. The van der Waals surface area contributed by atoms with Crippen molar-refractivity contribution in [1.82, 2.24) is 9.47 Å². The second kappa shape index (κ2) is 6.96. The molecular weight excluding hydrogens is 346 g/mol. The van der Waals surface area contributed by atoms with E-state index in [-0.39, 0.29) is 10.8 Å². The Morgan fingerprint density at radius 2 is 1.62 bits per heavy atom. The summed E-state index contributed by atoms with van der Waals surface area (Å²) in [5.74, 6) is 0.0170. The number of hydrogen-bond acceptors (Lipinski definition) is 4. The van der Waals surface area contributed by atoms with Crippen LogP contribution < -0.4 is 9.77 Å². The molecule has 2 aromatic carbocycles. The van der Waals surface area contributed by atoms with Crippen LogP contribution in [-0.2, 0) is 4.79 Å². The smallest absolute Gasteiger partial charge is 0.308 e. The van der Waals surface area contributed by atoms with Crippen LogP contribution in [0, 0.1) is 0 Å². The van der Waals surface area contributed by atoms with E-state index < -0.39 is 6.04 Å². The van der Waals surface area contributed by atoms with Crippen molar-refractivity contribution in [3.8, 4) is 0 Å². The van der Waals surface area contributed by atoms with Crippen molar-refractivity contribution in [2.24, 2.45) is 0 Å². The Kier molecular flexibility index (Phi) is 4.51. The lowest BCUT2D eigenvalue weighted by Gasteiger charge is -2.37.